The number of alkyl halides is 3. The number of β-lactam (4-membered cyclic amide) rings is 1. The molecule has 43 heavy (non-hydrogen) atoms. The average molecular weight is 668 g/mol. The van der Waals surface area contributed by atoms with Crippen molar-refractivity contribution in [2.24, 2.45) is 5.16 Å². The van der Waals surface area contributed by atoms with Gasteiger partial charge in [-0.3, -0.25) is 19.3 Å². The van der Waals surface area contributed by atoms with Gasteiger partial charge in [0.05, 0.1) is 5.69 Å². The molecular weight excluding hydrogens is 647 g/mol. The molecular formula is C21H20F3N7O9S3. The molecule has 1 saturated heterocycles. The fourth-order valence-electron chi connectivity index (χ4n) is 3.35. The number of fused-ring (bicyclic) bond motifs is 1. The van der Waals surface area contributed by atoms with Gasteiger partial charge in [0, 0.05) is 29.0 Å². The second kappa shape index (κ2) is 13.7. The predicted molar refractivity (Wildman–Crippen MR) is 144 cm³/mol. The highest BCUT2D eigenvalue weighted by molar-refractivity contribution is 8.00. The topological polar surface area (TPSA) is 250 Å². The first kappa shape index (κ1) is 33.1. The van der Waals surface area contributed by atoms with Crippen molar-refractivity contribution < 1.29 is 56.9 Å². The summed E-state index contributed by atoms with van der Waals surface area (Å²) in [6.07, 6.45) is -5.08. The molecule has 2 aromatic heterocycles. The number of amides is 2. The van der Waals surface area contributed by atoms with Gasteiger partial charge in [-0.1, -0.05) is 5.16 Å². The Labute approximate surface area is 250 Å². The number of nitrogens with zero attached hydrogens (tertiary/aromatic N) is 4. The Morgan fingerprint density at radius 1 is 1.14 bits per heavy atom. The minimum absolute atomic E-state index is 0.0589. The molecule has 7 N–H and O–H groups in total. The summed E-state index contributed by atoms with van der Waals surface area (Å²) in [5.74, 6) is -5.87. The van der Waals surface area contributed by atoms with Gasteiger partial charge < -0.3 is 36.6 Å². The van der Waals surface area contributed by atoms with E-state index in [1.807, 2.05) is 0 Å². The minimum atomic E-state index is -5.08. The number of aromatic nitrogens is 2. The molecule has 22 heteroatoms. The van der Waals surface area contributed by atoms with E-state index in [1.165, 1.54) is 35.4 Å². The lowest BCUT2D eigenvalue weighted by Crippen LogP contribution is -2.71. The molecule has 2 aliphatic heterocycles. The van der Waals surface area contributed by atoms with Gasteiger partial charge in [-0.25, -0.2) is 19.6 Å². The van der Waals surface area contributed by atoms with E-state index in [0.717, 1.165) is 16.2 Å². The largest absolute Gasteiger partial charge is 0.490 e. The Bertz CT molecular complexity index is 1490. The SMILES string of the molecule is CC(=O)OCC1=C(C(=O)O)N2C(=O)[C@@H](NC(=O)/C(=N/OCc3csc(N)n3)c3csc(N)n3)[C@H]2SC1.O=C(O)C(F)(F)F. The number of nitrogens with two attached hydrogens (primary N) is 2. The van der Waals surface area contributed by atoms with Crippen LogP contribution in [0.4, 0.5) is 23.4 Å². The fourth-order valence-corrected chi connectivity index (χ4v) is 5.77. The quantitative estimate of drug-likeness (QED) is 0.106. The average Bonchev–Trinajstić information content (AvgIpc) is 3.54. The van der Waals surface area contributed by atoms with Gasteiger partial charge in [0.1, 0.15) is 29.4 Å². The van der Waals surface area contributed by atoms with Crippen molar-refractivity contribution in [1.82, 2.24) is 20.2 Å². The highest BCUT2D eigenvalue weighted by Gasteiger charge is 2.54. The number of oxime groups is 1. The van der Waals surface area contributed by atoms with E-state index in [1.54, 1.807) is 5.38 Å². The van der Waals surface area contributed by atoms with Crippen LogP contribution in [0.5, 0.6) is 0 Å². The third kappa shape index (κ3) is 8.32. The number of hydrogen-bond acceptors (Lipinski definition) is 15. The van der Waals surface area contributed by atoms with E-state index < -0.39 is 47.3 Å². The lowest BCUT2D eigenvalue weighted by molar-refractivity contribution is -0.192. The highest BCUT2D eigenvalue weighted by Crippen LogP contribution is 2.40. The van der Waals surface area contributed by atoms with E-state index in [4.69, 9.17) is 30.9 Å². The first-order valence-electron chi connectivity index (χ1n) is 11.4. The molecule has 0 radical (unpaired) electrons. The monoisotopic (exact) mass is 667 g/mol. The number of halogens is 3. The van der Waals surface area contributed by atoms with E-state index in [-0.39, 0.29) is 46.8 Å². The lowest BCUT2D eigenvalue weighted by Gasteiger charge is -2.49. The van der Waals surface area contributed by atoms with Crippen LogP contribution in [0.1, 0.15) is 18.3 Å². The molecule has 0 unspecified atom stereocenters. The number of nitrogen functional groups attached to an aromatic ring is 2. The number of thioether (sulfide) groups is 1. The molecule has 0 bridgehead atoms. The maximum atomic E-state index is 13.1. The van der Waals surface area contributed by atoms with Gasteiger partial charge in [0.25, 0.3) is 11.8 Å². The molecule has 2 atom stereocenters. The molecule has 16 nitrogen and oxygen atoms in total. The molecule has 0 aliphatic carbocycles. The lowest BCUT2D eigenvalue weighted by atomic mass is 10.0. The van der Waals surface area contributed by atoms with Crippen LogP contribution in [0.25, 0.3) is 0 Å². The number of anilines is 2. The van der Waals surface area contributed by atoms with Crippen molar-refractivity contribution in [2.45, 2.75) is 31.1 Å². The highest BCUT2D eigenvalue weighted by atomic mass is 32.2. The smallest absolute Gasteiger partial charge is 0.477 e. The summed E-state index contributed by atoms with van der Waals surface area (Å²) in [5.41, 5.74) is 11.7. The summed E-state index contributed by atoms with van der Waals surface area (Å²) in [7, 11) is 0. The molecule has 4 rings (SSSR count). The van der Waals surface area contributed by atoms with E-state index >= 15 is 0 Å². The number of hydrogen-bond donors (Lipinski definition) is 5. The molecule has 0 spiro atoms. The van der Waals surface area contributed by atoms with Crippen LogP contribution in [0, 0.1) is 0 Å². The zero-order chi connectivity index (χ0) is 32.1. The van der Waals surface area contributed by atoms with Crippen LogP contribution in [-0.2, 0) is 40.2 Å². The Morgan fingerprint density at radius 3 is 2.28 bits per heavy atom. The predicted octanol–water partition coefficient (Wildman–Crippen LogP) is 0.620. The van der Waals surface area contributed by atoms with Crippen LogP contribution < -0.4 is 16.8 Å². The van der Waals surface area contributed by atoms with Gasteiger partial charge >= 0.3 is 24.1 Å². The van der Waals surface area contributed by atoms with Gasteiger partial charge in [0.15, 0.2) is 22.6 Å². The van der Waals surface area contributed by atoms with Crippen molar-refractivity contribution in [3.05, 3.63) is 33.4 Å². The first-order valence-corrected chi connectivity index (χ1v) is 14.2. The Kier molecular flexibility index (Phi) is 10.5. The minimum Gasteiger partial charge on any atom is -0.477 e. The number of esters is 1. The van der Waals surface area contributed by atoms with Crippen LogP contribution in [0.3, 0.4) is 0 Å². The Hall–Kier alpha value is -4.44. The summed E-state index contributed by atoms with van der Waals surface area (Å²) >= 11 is 3.54. The number of ether oxygens (including phenoxy) is 1. The Morgan fingerprint density at radius 2 is 1.77 bits per heavy atom. The third-order valence-electron chi connectivity index (χ3n) is 5.15. The Balaban J connectivity index is 0.000000646. The van der Waals surface area contributed by atoms with E-state index in [0.29, 0.717) is 10.8 Å². The van der Waals surface area contributed by atoms with Crippen molar-refractivity contribution in [1.29, 1.82) is 0 Å². The molecule has 0 aromatic carbocycles. The van der Waals surface area contributed by atoms with Gasteiger partial charge in [-0.2, -0.15) is 13.2 Å². The molecule has 2 amide bonds. The third-order valence-corrected chi connectivity index (χ3v) is 7.88. The zero-order valence-electron chi connectivity index (χ0n) is 21.5. The van der Waals surface area contributed by atoms with Gasteiger partial charge in [-0.05, 0) is 0 Å². The summed E-state index contributed by atoms with van der Waals surface area (Å²) in [6, 6.07) is -1.02. The van der Waals surface area contributed by atoms with Crippen LogP contribution in [-0.4, -0.2) is 90.5 Å². The van der Waals surface area contributed by atoms with Crippen LogP contribution >= 0.6 is 34.4 Å². The van der Waals surface area contributed by atoms with Crippen molar-refractivity contribution >= 4 is 80.1 Å². The molecule has 232 valence electrons. The van der Waals surface area contributed by atoms with Crippen LogP contribution in [0.2, 0.25) is 0 Å². The van der Waals surface area contributed by atoms with Gasteiger partial charge in [0.2, 0.25) is 0 Å². The second-order valence-corrected chi connectivity index (χ2v) is 11.0. The number of thiazole rings is 2. The maximum absolute atomic E-state index is 13.1. The number of nitrogens with one attached hydrogen (secondary N) is 1. The first-order chi connectivity index (χ1) is 20.1. The van der Waals surface area contributed by atoms with Gasteiger partial charge in [-0.15, -0.1) is 34.4 Å². The van der Waals surface area contributed by atoms with Crippen LogP contribution in [0.15, 0.2) is 27.2 Å². The molecule has 2 aliphatic rings. The second-order valence-electron chi connectivity index (χ2n) is 8.16. The standard InChI is InChI=1S/C19H19N7O7S3.C2HF3O2/c1-7(27)32-2-8-4-34-16-12(15(29)26(16)13(8)17(30)31)24-14(28)11(10-6-36-19(21)23-10)25-33-3-9-5-35-18(20)22-9;3-2(4,5)1(6)7/h5-6,12,16H,2-4H2,1H3,(H2,20,22)(H2,21,23)(H,24,28)(H,30,31);(H,6,7)/b25-11+;/t12-,16-;/m1./s1. The van der Waals surface area contributed by atoms with Crippen molar-refractivity contribution in [3.8, 4) is 0 Å². The molecule has 4 heterocycles. The summed E-state index contributed by atoms with van der Waals surface area (Å²) in [6.45, 7) is 0.892. The number of carboxylic acid groups (broad SMARTS) is 2. The number of carbonyl (C=O) groups is 5. The van der Waals surface area contributed by atoms with E-state index in [9.17, 15) is 37.5 Å². The van der Waals surface area contributed by atoms with E-state index in [2.05, 4.69) is 20.4 Å². The molecule has 1 fully saturated rings. The molecule has 2 aromatic rings. The normalized spacial score (nSPS) is 18.1. The van der Waals surface area contributed by atoms with Crippen molar-refractivity contribution in [3.63, 3.8) is 0 Å². The molecule has 0 saturated carbocycles. The number of carboxylic acids is 2. The van der Waals surface area contributed by atoms with Crippen molar-refractivity contribution in [2.75, 3.05) is 23.8 Å². The number of aliphatic carboxylic acids is 2. The summed E-state index contributed by atoms with van der Waals surface area (Å²) < 4.78 is 36.6. The maximum Gasteiger partial charge on any atom is 0.490 e. The zero-order valence-corrected chi connectivity index (χ0v) is 23.9. The summed E-state index contributed by atoms with van der Waals surface area (Å²) in [5, 5.41) is 26.3. The number of rotatable bonds is 9. The summed E-state index contributed by atoms with van der Waals surface area (Å²) in [4.78, 5) is 72.3. The number of carbonyl (C=O) groups excluding carboxylic acids is 3. The fraction of sp³-hybridized carbons (Fsp3) is 0.333.